The molecule has 0 radical (unpaired) electrons. The first kappa shape index (κ1) is 25.1. The minimum atomic E-state index is -4.49. The first-order valence-electron chi connectivity index (χ1n) is 11.0. The Balaban J connectivity index is 1.60. The lowest BCUT2D eigenvalue weighted by atomic mass is 9.95. The van der Waals surface area contributed by atoms with E-state index in [9.17, 15) is 22.8 Å². The summed E-state index contributed by atoms with van der Waals surface area (Å²) in [5.74, 6) is -0.179. The topological polar surface area (TPSA) is 88.9 Å². The number of nitrogens with zero attached hydrogens (tertiary/aromatic N) is 3. The molecular formula is C22H28F3N5O2S. The number of alkyl halides is 3. The molecular weight excluding hydrogens is 455 g/mol. The quantitative estimate of drug-likeness (QED) is 0.543. The molecule has 1 aliphatic rings. The van der Waals surface area contributed by atoms with E-state index in [4.69, 9.17) is 0 Å². The van der Waals surface area contributed by atoms with Crippen LogP contribution in [-0.2, 0) is 28.7 Å². The molecule has 1 aromatic heterocycles. The number of benzene rings is 1. The minimum absolute atomic E-state index is 0.0543. The zero-order chi connectivity index (χ0) is 24.0. The second-order valence-electron chi connectivity index (χ2n) is 8.05. The van der Waals surface area contributed by atoms with Crippen molar-refractivity contribution in [1.29, 1.82) is 0 Å². The predicted octanol–water partition coefficient (Wildman–Crippen LogP) is 4.43. The molecule has 1 atom stereocenters. The van der Waals surface area contributed by atoms with Crippen molar-refractivity contribution in [2.24, 2.45) is 0 Å². The van der Waals surface area contributed by atoms with Crippen molar-refractivity contribution in [2.45, 2.75) is 81.5 Å². The Labute approximate surface area is 194 Å². The summed E-state index contributed by atoms with van der Waals surface area (Å²) >= 11 is 1.27. The largest absolute Gasteiger partial charge is 0.416 e. The van der Waals surface area contributed by atoms with Gasteiger partial charge in [0.2, 0.25) is 11.8 Å². The standard InChI is InChI=1S/C22H28F3N5O2S/c1-3-30-18(13-19(31)26-17-11-7-8-15(12-17)22(23,24)25)28-29-21(30)33-14(2)20(32)27-16-9-5-4-6-10-16/h7-8,11-12,14,16H,3-6,9-10,13H2,1-2H3,(H,26,31)(H,27,32). The Kier molecular flexibility index (Phi) is 8.39. The average molecular weight is 484 g/mol. The summed E-state index contributed by atoms with van der Waals surface area (Å²) in [7, 11) is 0. The molecule has 0 spiro atoms. The SMILES string of the molecule is CCn1c(CC(=O)Nc2cccc(C(F)(F)F)c2)nnc1SC(C)C(=O)NC1CCCCC1. The van der Waals surface area contributed by atoms with E-state index in [2.05, 4.69) is 20.8 Å². The second-order valence-corrected chi connectivity index (χ2v) is 9.36. The zero-order valence-electron chi connectivity index (χ0n) is 18.6. The van der Waals surface area contributed by atoms with Crippen LogP contribution in [-0.4, -0.2) is 37.9 Å². The van der Waals surface area contributed by atoms with E-state index in [1.54, 1.807) is 11.5 Å². The number of carbonyl (C=O) groups is 2. The van der Waals surface area contributed by atoms with Gasteiger partial charge in [0.25, 0.3) is 0 Å². The van der Waals surface area contributed by atoms with Crippen molar-refractivity contribution < 1.29 is 22.8 Å². The summed E-state index contributed by atoms with van der Waals surface area (Å²) in [6, 6.07) is 4.68. The number of carbonyl (C=O) groups excluding carboxylic acids is 2. The van der Waals surface area contributed by atoms with Gasteiger partial charge in [-0.2, -0.15) is 13.2 Å². The molecule has 3 rings (SSSR count). The van der Waals surface area contributed by atoms with E-state index in [1.807, 2.05) is 6.92 Å². The number of amides is 2. The number of aromatic nitrogens is 3. The van der Waals surface area contributed by atoms with Gasteiger partial charge in [0, 0.05) is 18.3 Å². The molecule has 0 aliphatic heterocycles. The number of thioether (sulfide) groups is 1. The van der Waals surface area contributed by atoms with Gasteiger partial charge in [-0.05, 0) is 44.9 Å². The molecule has 11 heteroatoms. The van der Waals surface area contributed by atoms with Crippen molar-refractivity contribution in [3.05, 3.63) is 35.7 Å². The van der Waals surface area contributed by atoms with Gasteiger partial charge in [-0.25, -0.2) is 0 Å². The molecule has 2 amide bonds. The number of anilines is 1. The summed E-state index contributed by atoms with van der Waals surface area (Å²) in [6.45, 7) is 4.16. The molecule has 0 saturated heterocycles. The smallest absolute Gasteiger partial charge is 0.352 e. The Hall–Kier alpha value is -2.56. The molecule has 0 bridgehead atoms. The lowest BCUT2D eigenvalue weighted by Gasteiger charge is -2.24. The van der Waals surface area contributed by atoms with E-state index in [0.29, 0.717) is 17.5 Å². The molecule has 1 aromatic carbocycles. The van der Waals surface area contributed by atoms with Crippen LogP contribution < -0.4 is 10.6 Å². The number of hydrogen-bond donors (Lipinski definition) is 2. The van der Waals surface area contributed by atoms with Crippen LogP contribution in [0, 0.1) is 0 Å². The van der Waals surface area contributed by atoms with Crippen LogP contribution in [0.15, 0.2) is 29.4 Å². The fraction of sp³-hybridized carbons (Fsp3) is 0.545. The lowest BCUT2D eigenvalue weighted by Crippen LogP contribution is -2.40. The van der Waals surface area contributed by atoms with Crippen LogP contribution in [0.25, 0.3) is 0 Å². The Morgan fingerprint density at radius 3 is 2.61 bits per heavy atom. The van der Waals surface area contributed by atoms with Crippen molar-refractivity contribution in [1.82, 2.24) is 20.1 Å². The molecule has 1 fully saturated rings. The third kappa shape index (κ3) is 6.96. The Morgan fingerprint density at radius 2 is 1.94 bits per heavy atom. The average Bonchev–Trinajstić information content (AvgIpc) is 3.14. The van der Waals surface area contributed by atoms with Crippen LogP contribution in [0.5, 0.6) is 0 Å². The highest BCUT2D eigenvalue weighted by molar-refractivity contribution is 8.00. The fourth-order valence-corrected chi connectivity index (χ4v) is 4.69. The maximum atomic E-state index is 12.9. The van der Waals surface area contributed by atoms with Crippen LogP contribution in [0.4, 0.5) is 18.9 Å². The summed E-state index contributed by atoms with van der Waals surface area (Å²) in [4.78, 5) is 25.0. The van der Waals surface area contributed by atoms with Crippen LogP contribution in [0.1, 0.15) is 57.3 Å². The Morgan fingerprint density at radius 1 is 1.21 bits per heavy atom. The first-order chi connectivity index (χ1) is 15.7. The number of hydrogen-bond acceptors (Lipinski definition) is 5. The van der Waals surface area contributed by atoms with E-state index in [-0.39, 0.29) is 29.3 Å². The normalized spacial score (nSPS) is 15.8. The third-order valence-corrected chi connectivity index (χ3v) is 6.59. The number of rotatable bonds is 8. The predicted molar refractivity (Wildman–Crippen MR) is 120 cm³/mol. The third-order valence-electron chi connectivity index (χ3n) is 5.50. The molecule has 1 heterocycles. The maximum absolute atomic E-state index is 12.9. The van der Waals surface area contributed by atoms with Crippen LogP contribution >= 0.6 is 11.8 Å². The summed E-state index contributed by atoms with van der Waals surface area (Å²) in [5, 5.41) is 13.9. The van der Waals surface area contributed by atoms with Gasteiger partial charge in [-0.1, -0.05) is 37.1 Å². The summed E-state index contributed by atoms with van der Waals surface area (Å²) in [5.41, 5.74) is -0.781. The maximum Gasteiger partial charge on any atom is 0.416 e. The lowest BCUT2D eigenvalue weighted by molar-refractivity contribution is -0.137. The molecule has 2 N–H and O–H groups in total. The van der Waals surface area contributed by atoms with E-state index in [1.165, 1.54) is 30.3 Å². The fourth-order valence-electron chi connectivity index (χ4n) is 3.75. The van der Waals surface area contributed by atoms with Crippen molar-refractivity contribution >= 4 is 29.3 Å². The monoisotopic (exact) mass is 483 g/mol. The van der Waals surface area contributed by atoms with E-state index >= 15 is 0 Å². The molecule has 1 aliphatic carbocycles. The van der Waals surface area contributed by atoms with Gasteiger partial charge in [-0.15, -0.1) is 10.2 Å². The van der Waals surface area contributed by atoms with E-state index in [0.717, 1.165) is 37.8 Å². The molecule has 1 unspecified atom stereocenters. The van der Waals surface area contributed by atoms with Gasteiger partial charge < -0.3 is 15.2 Å². The molecule has 180 valence electrons. The number of nitrogens with one attached hydrogen (secondary N) is 2. The van der Waals surface area contributed by atoms with Crippen molar-refractivity contribution in [2.75, 3.05) is 5.32 Å². The first-order valence-corrected chi connectivity index (χ1v) is 11.9. The van der Waals surface area contributed by atoms with Gasteiger partial charge in [0.15, 0.2) is 5.16 Å². The highest BCUT2D eigenvalue weighted by Gasteiger charge is 2.30. The van der Waals surface area contributed by atoms with Gasteiger partial charge in [0.1, 0.15) is 5.82 Å². The molecule has 2 aromatic rings. The van der Waals surface area contributed by atoms with Crippen molar-refractivity contribution in [3.63, 3.8) is 0 Å². The van der Waals surface area contributed by atoms with Crippen molar-refractivity contribution in [3.8, 4) is 0 Å². The second kappa shape index (κ2) is 11.0. The van der Waals surface area contributed by atoms with Gasteiger partial charge >= 0.3 is 6.18 Å². The summed E-state index contributed by atoms with van der Waals surface area (Å²) < 4.78 is 40.4. The minimum Gasteiger partial charge on any atom is -0.352 e. The van der Waals surface area contributed by atoms with E-state index < -0.39 is 17.6 Å². The number of halogens is 3. The molecule has 1 saturated carbocycles. The highest BCUT2D eigenvalue weighted by Crippen LogP contribution is 2.30. The van der Waals surface area contributed by atoms with Gasteiger partial charge in [0.05, 0.1) is 17.2 Å². The molecule has 33 heavy (non-hydrogen) atoms. The van der Waals surface area contributed by atoms with Crippen LogP contribution in [0.3, 0.4) is 0 Å². The molecule has 7 nitrogen and oxygen atoms in total. The summed E-state index contributed by atoms with van der Waals surface area (Å²) in [6.07, 6.45) is 0.819. The van der Waals surface area contributed by atoms with Gasteiger partial charge in [-0.3, -0.25) is 9.59 Å². The zero-order valence-corrected chi connectivity index (χ0v) is 19.4. The Bertz CT molecular complexity index is 973. The highest BCUT2D eigenvalue weighted by atomic mass is 32.2. The van der Waals surface area contributed by atoms with Crippen LogP contribution in [0.2, 0.25) is 0 Å².